The third-order valence-electron chi connectivity index (χ3n) is 4.44. The molecular formula is C16H24N2O2. The van der Waals surface area contributed by atoms with Crippen LogP contribution in [0.1, 0.15) is 31.2 Å². The highest BCUT2D eigenvalue weighted by Crippen LogP contribution is 2.28. The van der Waals surface area contributed by atoms with Crippen molar-refractivity contribution in [3.63, 3.8) is 0 Å². The van der Waals surface area contributed by atoms with Gasteiger partial charge in [0.15, 0.2) is 0 Å². The van der Waals surface area contributed by atoms with E-state index in [4.69, 9.17) is 0 Å². The molecule has 3 N–H and O–H groups in total. The number of aromatic hydroxyl groups is 2. The Balaban J connectivity index is 1.45. The second-order valence-electron chi connectivity index (χ2n) is 6.22. The highest BCUT2D eigenvalue weighted by atomic mass is 16.3. The molecule has 20 heavy (non-hydrogen) atoms. The summed E-state index contributed by atoms with van der Waals surface area (Å²) < 4.78 is 0. The quantitative estimate of drug-likeness (QED) is 0.770. The van der Waals surface area contributed by atoms with Gasteiger partial charge in [0, 0.05) is 24.2 Å². The Hall–Kier alpha value is -1.26. The lowest BCUT2D eigenvalue weighted by atomic mass is 10.0. The van der Waals surface area contributed by atoms with E-state index >= 15 is 0 Å². The average molecular weight is 276 g/mol. The molecule has 1 aliphatic heterocycles. The molecular weight excluding hydrogens is 252 g/mol. The summed E-state index contributed by atoms with van der Waals surface area (Å²) in [6.07, 6.45) is 5.19. The van der Waals surface area contributed by atoms with Gasteiger partial charge in [-0.2, -0.15) is 0 Å². The lowest BCUT2D eigenvalue weighted by Gasteiger charge is -2.32. The lowest BCUT2D eigenvalue weighted by Crippen LogP contribution is -2.42. The zero-order valence-corrected chi connectivity index (χ0v) is 11.9. The highest BCUT2D eigenvalue weighted by molar-refractivity contribution is 5.38. The van der Waals surface area contributed by atoms with E-state index in [0.717, 1.165) is 31.1 Å². The number of nitrogens with zero attached hydrogens (tertiary/aromatic N) is 1. The number of hydrogen-bond donors (Lipinski definition) is 3. The molecule has 4 nitrogen and oxygen atoms in total. The van der Waals surface area contributed by atoms with Gasteiger partial charge in [0.1, 0.15) is 11.5 Å². The molecule has 3 rings (SSSR count). The number of benzene rings is 1. The van der Waals surface area contributed by atoms with Crippen LogP contribution < -0.4 is 5.32 Å². The number of rotatable bonds is 5. The van der Waals surface area contributed by atoms with Crippen molar-refractivity contribution < 1.29 is 10.2 Å². The third kappa shape index (κ3) is 3.64. The minimum atomic E-state index is 0.120. The first-order chi connectivity index (χ1) is 9.70. The van der Waals surface area contributed by atoms with Gasteiger partial charge in [-0.15, -0.1) is 0 Å². The fourth-order valence-corrected chi connectivity index (χ4v) is 2.88. The summed E-state index contributed by atoms with van der Waals surface area (Å²) in [5.41, 5.74) is 0.896. The Morgan fingerprint density at radius 3 is 2.50 bits per heavy atom. The van der Waals surface area contributed by atoms with Crippen molar-refractivity contribution in [1.29, 1.82) is 0 Å². The number of phenols is 2. The minimum Gasteiger partial charge on any atom is -0.508 e. The molecule has 0 aromatic heterocycles. The summed E-state index contributed by atoms with van der Waals surface area (Å²) in [6.45, 7) is 4.11. The average Bonchev–Trinajstić information content (AvgIpc) is 3.25. The molecule has 2 aliphatic rings. The topological polar surface area (TPSA) is 55.7 Å². The smallest absolute Gasteiger partial charge is 0.123 e. The first kappa shape index (κ1) is 13.7. The van der Waals surface area contributed by atoms with Gasteiger partial charge in [-0.3, -0.25) is 4.90 Å². The zero-order valence-electron chi connectivity index (χ0n) is 11.9. The normalized spacial score (nSPS) is 21.2. The maximum Gasteiger partial charge on any atom is 0.123 e. The van der Waals surface area contributed by atoms with E-state index < -0.39 is 0 Å². The van der Waals surface area contributed by atoms with Gasteiger partial charge in [0.25, 0.3) is 0 Å². The van der Waals surface area contributed by atoms with Gasteiger partial charge < -0.3 is 15.5 Å². The van der Waals surface area contributed by atoms with E-state index in [9.17, 15) is 10.2 Å². The number of phenolic OH excluding ortho intramolecular Hbond substituents is 2. The van der Waals surface area contributed by atoms with Gasteiger partial charge in [-0.25, -0.2) is 0 Å². The molecule has 110 valence electrons. The van der Waals surface area contributed by atoms with Crippen LogP contribution in [0, 0.1) is 5.92 Å². The molecule has 1 aromatic carbocycles. The summed E-state index contributed by atoms with van der Waals surface area (Å²) in [7, 11) is 0. The molecule has 0 spiro atoms. The van der Waals surface area contributed by atoms with Gasteiger partial charge in [-0.1, -0.05) is 6.07 Å². The Bertz CT molecular complexity index is 452. The van der Waals surface area contributed by atoms with Crippen molar-refractivity contribution >= 4 is 0 Å². The Morgan fingerprint density at radius 1 is 1.10 bits per heavy atom. The molecule has 1 heterocycles. The van der Waals surface area contributed by atoms with Crippen LogP contribution in [0.15, 0.2) is 18.2 Å². The molecule has 1 aliphatic carbocycles. The molecule has 1 saturated carbocycles. The third-order valence-corrected chi connectivity index (χ3v) is 4.44. The van der Waals surface area contributed by atoms with Crippen LogP contribution in [-0.4, -0.2) is 40.8 Å². The van der Waals surface area contributed by atoms with Crippen LogP contribution >= 0.6 is 0 Å². The molecule has 1 saturated heterocycles. The first-order valence-corrected chi connectivity index (χ1v) is 7.67. The second-order valence-corrected chi connectivity index (χ2v) is 6.22. The Kier molecular flexibility index (Phi) is 4.13. The van der Waals surface area contributed by atoms with Crippen LogP contribution in [-0.2, 0) is 6.54 Å². The number of nitrogens with one attached hydrogen (secondary N) is 1. The van der Waals surface area contributed by atoms with Crippen LogP contribution in [0.25, 0.3) is 0 Å². The summed E-state index contributed by atoms with van der Waals surface area (Å²) in [4.78, 5) is 2.38. The van der Waals surface area contributed by atoms with Crippen LogP contribution in [0.3, 0.4) is 0 Å². The Labute approximate surface area is 120 Å². The zero-order chi connectivity index (χ0) is 13.9. The number of hydrogen-bond acceptors (Lipinski definition) is 4. The van der Waals surface area contributed by atoms with Gasteiger partial charge >= 0.3 is 0 Å². The molecule has 0 radical (unpaired) electrons. The Morgan fingerprint density at radius 2 is 1.85 bits per heavy atom. The van der Waals surface area contributed by atoms with E-state index in [1.807, 2.05) is 6.07 Å². The van der Waals surface area contributed by atoms with E-state index in [1.54, 1.807) is 6.07 Å². The fraction of sp³-hybridized carbons (Fsp3) is 0.625. The van der Waals surface area contributed by atoms with Gasteiger partial charge in [-0.05, 0) is 57.3 Å². The standard InChI is InChI=1S/C16H24N2O2/c19-15-4-3-13(16(20)9-15)11-18-7-5-14(6-8-18)17-10-12-1-2-12/h3-4,9,12,14,17,19-20H,1-2,5-8,10-11H2. The molecule has 4 heteroatoms. The maximum absolute atomic E-state index is 9.83. The predicted molar refractivity (Wildman–Crippen MR) is 78.8 cm³/mol. The summed E-state index contributed by atoms with van der Waals surface area (Å²) in [5, 5.41) is 22.8. The van der Waals surface area contributed by atoms with Crippen molar-refractivity contribution in [2.75, 3.05) is 19.6 Å². The summed E-state index contributed by atoms with van der Waals surface area (Å²) in [5.74, 6) is 1.26. The van der Waals surface area contributed by atoms with Crippen LogP contribution in [0.5, 0.6) is 11.5 Å². The van der Waals surface area contributed by atoms with E-state index in [2.05, 4.69) is 10.2 Å². The molecule has 0 bridgehead atoms. The van der Waals surface area contributed by atoms with E-state index in [1.165, 1.54) is 38.3 Å². The minimum absolute atomic E-state index is 0.120. The maximum atomic E-state index is 9.83. The fourth-order valence-electron chi connectivity index (χ4n) is 2.88. The lowest BCUT2D eigenvalue weighted by molar-refractivity contribution is 0.188. The van der Waals surface area contributed by atoms with Crippen LogP contribution in [0.2, 0.25) is 0 Å². The van der Waals surface area contributed by atoms with Crippen molar-refractivity contribution in [1.82, 2.24) is 10.2 Å². The largest absolute Gasteiger partial charge is 0.508 e. The van der Waals surface area contributed by atoms with Gasteiger partial charge in [0.2, 0.25) is 0 Å². The van der Waals surface area contributed by atoms with E-state index in [-0.39, 0.29) is 11.5 Å². The molecule has 2 fully saturated rings. The SMILES string of the molecule is Oc1ccc(CN2CCC(NCC3CC3)CC2)c(O)c1. The van der Waals surface area contributed by atoms with Crippen molar-refractivity contribution in [3.8, 4) is 11.5 Å². The van der Waals surface area contributed by atoms with Crippen LogP contribution in [0.4, 0.5) is 0 Å². The number of piperidine rings is 1. The van der Waals surface area contributed by atoms with Gasteiger partial charge in [0.05, 0.1) is 0 Å². The van der Waals surface area contributed by atoms with E-state index in [0.29, 0.717) is 6.04 Å². The predicted octanol–water partition coefficient (Wildman–Crippen LogP) is 2.06. The molecule has 0 amide bonds. The van der Waals surface area contributed by atoms with Crippen molar-refractivity contribution in [2.45, 2.75) is 38.3 Å². The monoisotopic (exact) mass is 276 g/mol. The summed E-state index contributed by atoms with van der Waals surface area (Å²) in [6, 6.07) is 5.53. The molecule has 1 aromatic rings. The summed E-state index contributed by atoms with van der Waals surface area (Å²) >= 11 is 0. The molecule has 0 atom stereocenters. The van der Waals surface area contributed by atoms with Crippen molar-refractivity contribution in [3.05, 3.63) is 23.8 Å². The van der Waals surface area contributed by atoms with Crippen molar-refractivity contribution in [2.24, 2.45) is 5.92 Å². The molecule has 0 unspecified atom stereocenters. The first-order valence-electron chi connectivity index (χ1n) is 7.67. The number of likely N-dealkylation sites (tertiary alicyclic amines) is 1. The highest BCUT2D eigenvalue weighted by Gasteiger charge is 2.24. The second kappa shape index (κ2) is 6.02.